The lowest BCUT2D eigenvalue weighted by molar-refractivity contribution is -0.134. The third kappa shape index (κ3) is 5.28. The highest BCUT2D eigenvalue weighted by Gasteiger charge is 2.36. The van der Waals surface area contributed by atoms with Crippen LogP contribution in [0.15, 0.2) is 42.5 Å². The first kappa shape index (κ1) is 23.9. The van der Waals surface area contributed by atoms with Gasteiger partial charge in [-0.3, -0.25) is 14.4 Å². The summed E-state index contributed by atoms with van der Waals surface area (Å²) in [4.78, 5) is 43.6. The second-order valence-electron chi connectivity index (χ2n) is 8.65. The molecule has 0 saturated carbocycles. The Balaban J connectivity index is 1.28. The monoisotopic (exact) mass is 484 g/mol. The van der Waals surface area contributed by atoms with Crippen molar-refractivity contribution in [3.63, 3.8) is 0 Å². The standard InChI is InChI=1S/C25H29ClN4O4/c1-17-6-7-22(34-2)21(12-17)30-16-18(13-23(30)31)25(33)27-15-24(32)29-10-8-28(9-11-29)20-5-3-4-19(26)14-20/h3-7,12,14,18H,8-11,13,15-16H2,1-2H3,(H,27,33). The van der Waals surface area contributed by atoms with Gasteiger partial charge in [-0.1, -0.05) is 23.7 Å². The van der Waals surface area contributed by atoms with E-state index < -0.39 is 5.92 Å². The highest BCUT2D eigenvalue weighted by Crippen LogP contribution is 2.34. The number of rotatable bonds is 6. The van der Waals surface area contributed by atoms with Crippen LogP contribution in [-0.4, -0.2) is 69.0 Å². The molecule has 8 nitrogen and oxygen atoms in total. The highest BCUT2D eigenvalue weighted by molar-refractivity contribution is 6.30. The molecule has 2 aromatic rings. The molecule has 2 aromatic carbocycles. The number of hydrogen-bond donors (Lipinski definition) is 1. The molecule has 0 aromatic heterocycles. The number of methoxy groups -OCH3 is 1. The van der Waals surface area contributed by atoms with Crippen LogP contribution in [0.5, 0.6) is 5.75 Å². The van der Waals surface area contributed by atoms with Gasteiger partial charge in [0.1, 0.15) is 5.75 Å². The Labute approximate surface area is 204 Å². The van der Waals surface area contributed by atoms with E-state index >= 15 is 0 Å². The third-order valence-corrected chi connectivity index (χ3v) is 6.58. The molecule has 4 rings (SSSR count). The van der Waals surface area contributed by atoms with Crippen molar-refractivity contribution in [1.29, 1.82) is 0 Å². The van der Waals surface area contributed by atoms with Gasteiger partial charge in [0.25, 0.3) is 0 Å². The summed E-state index contributed by atoms with van der Waals surface area (Å²) in [6.45, 7) is 4.67. The number of hydrogen-bond acceptors (Lipinski definition) is 5. The summed E-state index contributed by atoms with van der Waals surface area (Å²) in [6.07, 6.45) is 0.107. The molecule has 2 heterocycles. The van der Waals surface area contributed by atoms with E-state index in [1.165, 1.54) is 0 Å². The van der Waals surface area contributed by atoms with Crippen LogP contribution in [0, 0.1) is 12.8 Å². The number of nitrogens with zero attached hydrogens (tertiary/aromatic N) is 3. The van der Waals surface area contributed by atoms with Crippen molar-refractivity contribution in [2.24, 2.45) is 5.92 Å². The van der Waals surface area contributed by atoms with Gasteiger partial charge >= 0.3 is 0 Å². The Hall–Kier alpha value is -3.26. The van der Waals surface area contributed by atoms with Gasteiger partial charge in [0, 0.05) is 49.9 Å². The summed E-state index contributed by atoms with van der Waals surface area (Å²) < 4.78 is 5.39. The second-order valence-corrected chi connectivity index (χ2v) is 9.08. The van der Waals surface area contributed by atoms with Crippen LogP contribution in [-0.2, 0) is 14.4 Å². The van der Waals surface area contributed by atoms with E-state index in [1.54, 1.807) is 16.9 Å². The lowest BCUT2D eigenvalue weighted by atomic mass is 10.1. The molecule has 34 heavy (non-hydrogen) atoms. The lowest BCUT2D eigenvalue weighted by Gasteiger charge is -2.36. The van der Waals surface area contributed by atoms with Gasteiger partial charge in [-0.05, 0) is 42.8 Å². The van der Waals surface area contributed by atoms with E-state index in [2.05, 4.69) is 10.2 Å². The quantitative estimate of drug-likeness (QED) is 0.681. The zero-order valence-corrected chi connectivity index (χ0v) is 20.2. The number of nitrogens with one attached hydrogen (secondary N) is 1. The second kappa shape index (κ2) is 10.3. The van der Waals surface area contributed by atoms with Gasteiger partial charge in [-0.25, -0.2) is 0 Å². The fourth-order valence-electron chi connectivity index (χ4n) is 4.43. The molecule has 0 spiro atoms. The van der Waals surface area contributed by atoms with Gasteiger partial charge in [0.05, 0.1) is 25.3 Å². The van der Waals surface area contributed by atoms with Crippen LogP contribution in [0.1, 0.15) is 12.0 Å². The third-order valence-electron chi connectivity index (χ3n) is 6.34. The maximum absolute atomic E-state index is 12.7. The largest absolute Gasteiger partial charge is 0.495 e. The molecule has 1 atom stereocenters. The van der Waals surface area contributed by atoms with Crippen molar-refractivity contribution in [2.75, 3.05) is 56.2 Å². The molecular weight excluding hydrogens is 456 g/mol. The highest BCUT2D eigenvalue weighted by atomic mass is 35.5. The first-order valence-corrected chi connectivity index (χ1v) is 11.7. The van der Waals surface area contributed by atoms with Crippen molar-refractivity contribution in [2.45, 2.75) is 13.3 Å². The van der Waals surface area contributed by atoms with Crippen LogP contribution < -0.4 is 19.9 Å². The molecule has 2 aliphatic heterocycles. The number of anilines is 2. The van der Waals surface area contributed by atoms with Crippen molar-refractivity contribution in [1.82, 2.24) is 10.2 Å². The van der Waals surface area contributed by atoms with Gasteiger partial charge in [0.15, 0.2) is 0 Å². The molecule has 1 unspecified atom stereocenters. The van der Waals surface area contributed by atoms with Crippen LogP contribution >= 0.6 is 11.6 Å². The lowest BCUT2D eigenvalue weighted by Crippen LogP contribution is -2.51. The summed E-state index contributed by atoms with van der Waals surface area (Å²) in [5.74, 6) is -0.459. The van der Waals surface area contributed by atoms with Crippen molar-refractivity contribution in [3.05, 3.63) is 53.1 Å². The van der Waals surface area contributed by atoms with Crippen LogP contribution in [0.4, 0.5) is 11.4 Å². The number of benzene rings is 2. The van der Waals surface area contributed by atoms with E-state index in [-0.39, 0.29) is 37.2 Å². The number of piperazine rings is 1. The van der Waals surface area contributed by atoms with Crippen LogP contribution in [0.2, 0.25) is 5.02 Å². The molecule has 1 N–H and O–H groups in total. The fourth-order valence-corrected chi connectivity index (χ4v) is 4.62. The molecule has 2 aliphatic rings. The number of halogens is 1. The van der Waals surface area contributed by atoms with Gasteiger partial charge in [-0.15, -0.1) is 0 Å². The Morgan fingerprint density at radius 3 is 2.59 bits per heavy atom. The van der Waals surface area contributed by atoms with Crippen molar-refractivity contribution in [3.8, 4) is 5.75 Å². The number of aryl methyl sites for hydroxylation is 1. The topological polar surface area (TPSA) is 82.2 Å². The Bertz CT molecular complexity index is 1080. The molecule has 0 radical (unpaired) electrons. The molecule has 9 heteroatoms. The number of carbonyl (C=O) groups is 3. The molecule has 180 valence electrons. The predicted molar refractivity (Wildman–Crippen MR) is 131 cm³/mol. The normalized spacial score (nSPS) is 18.3. The van der Waals surface area contributed by atoms with Gasteiger partial charge < -0.3 is 24.8 Å². The number of ether oxygens (including phenoxy) is 1. The summed E-state index contributed by atoms with van der Waals surface area (Å²) in [6, 6.07) is 13.3. The van der Waals surface area contributed by atoms with E-state index in [4.69, 9.17) is 16.3 Å². The fraction of sp³-hybridized carbons (Fsp3) is 0.400. The molecule has 2 fully saturated rings. The summed E-state index contributed by atoms with van der Waals surface area (Å²) in [7, 11) is 1.55. The van der Waals surface area contributed by atoms with Gasteiger partial charge in [-0.2, -0.15) is 0 Å². The first-order chi connectivity index (χ1) is 16.4. The summed E-state index contributed by atoms with van der Waals surface area (Å²) in [5, 5.41) is 3.42. The maximum atomic E-state index is 12.7. The predicted octanol–water partition coefficient (Wildman–Crippen LogP) is 2.47. The Morgan fingerprint density at radius 2 is 1.88 bits per heavy atom. The average molecular weight is 485 g/mol. The zero-order chi connectivity index (χ0) is 24.2. The van der Waals surface area contributed by atoms with E-state index in [0.717, 1.165) is 11.3 Å². The minimum Gasteiger partial charge on any atom is -0.495 e. The average Bonchev–Trinajstić information content (AvgIpc) is 3.24. The summed E-state index contributed by atoms with van der Waals surface area (Å²) >= 11 is 6.08. The minimum absolute atomic E-state index is 0.0749. The molecule has 3 amide bonds. The van der Waals surface area contributed by atoms with E-state index in [9.17, 15) is 14.4 Å². The van der Waals surface area contributed by atoms with Crippen molar-refractivity contribution < 1.29 is 19.1 Å². The van der Waals surface area contributed by atoms with Crippen LogP contribution in [0.25, 0.3) is 0 Å². The molecule has 0 aliphatic carbocycles. The number of carbonyl (C=O) groups excluding carboxylic acids is 3. The van der Waals surface area contributed by atoms with E-state index in [1.807, 2.05) is 49.4 Å². The summed E-state index contributed by atoms with van der Waals surface area (Å²) in [5.41, 5.74) is 2.70. The maximum Gasteiger partial charge on any atom is 0.242 e. The number of amides is 3. The molecule has 2 saturated heterocycles. The van der Waals surface area contributed by atoms with Gasteiger partial charge in [0.2, 0.25) is 17.7 Å². The molecule has 0 bridgehead atoms. The Morgan fingerprint density at radius 1 is 1.12 bits per heavy atom. The molecular formula is C25H29ClN4O4. The smallest absolute Gasteiger partial charge is 0.242 e. The Kier molecular flexibility index (Phi) is 7.26. The minimum atomic E-state index is -0.509. The first-order valence-electron chi connectivity index (χ1n) is 11.4. The van der Waals surface area contributed by atoms with Crippen LogP contribution in [0.3, 0.4) is 0 Å². The van der Waals surface area contributed by atoms with E-state index in [0.29, 0.717) is 42.6 Å². The SMILES string of the molecule is COc1ccc(C)cc1N1CC(C(=O)NCC(=O)N2CCN(c3cccc(Cl)c3)CC2)CC1=O. The zero-order valence-electron chi connectivity index (χ0n) is 19.4. The van der Waals surface area contributed by atoms with Crippen molar-refractivity contribution >= 4 is 40.7 Å².